The summed E-state index contributed by atoms with van der Waals surface area (Å²) in [6.07, 6.45) is -3.66. The lowest BCUT2D eigenvalue weighted by atomic mass is 9.81. The van der Waals surface area contributed by atoms with Crippen molar-refractivity contribution in [3.05, 3.63) is 59.7 Å². The van der Waals surface area contributed by atoms with Crippen molar-refractivity contribution in [3.63, 3.8) is 0 Å². The molecule has 2 aliphatic heterocycles. The third-order valence-electron chi connectivity index (χ3n) is 7.54. The molecule has 47 heavy (non-hydrogen) atoms. The minimum absolute atomic E-state index is 0.169. The molecule has 0 saturated carbocycles. The van der Waals surface area contributed by atoms with Crippen LogP contribution in [0.5, 0.6) is 11.5 Å². The molecular formula is C29H42B2F6N2O7S. The van der Waals surface area contributed by atoms with Gasteiger partial charge in [-0.1, -0.05) is 0 Å². The van der Waals surface area contributed by atoms with Gasteiger partial charge in [-0.05, 0) is 120 Å². The second-order valence-electron chi connectivity index (χ2n) is 11.6. The van der Waals surface area contributed by atoms with E-state index >= 15 is 0 Å². The zero-order chi connectivity index (χ0) is 35.4. The normalized spacial score (nSPS) is 19.5. The van der Waals surface area contributed by atoms with Gasteiger partial charge < -0.3 is 29.5 Å². The lowest BCUT2D eigenvalue weighted by Crippen LogP contribution is -2.45. The Balaban J connectivity index is 0.000000259. The van der Waals surface area contributed by atoms with Crippen molar-refractivity contribution in [2.75, 3.05) is 45.6 Å². The molecule has 0 radical (unpaired) electrons. The molecule has 2 aliphatic rings. The molecular weight excluding hydrogens is 656 g/mol. The van der Waals surface area contributed by atoms with Gasteiger partial charge in [-0.15, -0.1) is 0 Å². The fourth-order valence-electron chi connectivity index (χ4n) is 4.97. The molecule has 0 bridgehead atoms. The first-order valence-corrected chi connectivity index (χ1v) is 16.9. The maximum absolute atomic E-state index is 12.4. The average Bonchev–Trinajstić information content (AvgIpc) is 2.99. The van der Waals surface area contributed by atoms with Crippen molar-refractivity contribution in [2.24, 2.45) is 11.8 Å². The molecule has 2 atom stereocenters. The number of aromatic hydroxyl groups is 1. The molecule has 18 heteroatoms. The molecule has 0 amide bonds. The molecule has 9 nitrogen and oxygen atoms in total. The molecule has 2 heterocycles. The highest BCUT2D eigenvalue weighted by molar-refractivity contribution is 7.85. The molecule has 0 spiro atoms. The smallest absolute Gasteiger partial charge is 0.416 e. The molecule has 264 valence electrons. The van der Waals surface area contributed by atoms with Gasteiger partial charge in [0.05, 0.1) is 30.6 Å². The van der Waals surface area contributed by atoms with Crippen LogP contribution in [-0.2, 0) is 26.7 Å². The van der Waals surface area contributed by atoms with E-state index in [0.717, 1.165) is 88.0 Å². The Bertz CT molecular complexity index is 1300. The van der Waals surface area contributed by atoms with Crippen molar-refractivity contribution in [3.8, 4) is 11.5 Å². The number of rotatable bonds is 8. The molecule has 2 aromatic carbocycles. The van der Waals surface area contributed by atoms with Crippen LogP contribution in [0.25, 0.3) is 0 Å². The molecule has 2 unspecified atom stereocenters. The van der Waals surface area contributed by atoms with Crippen LogP contribution in [0.2, 0.25) is 13.6 Å². The predicted molar refractivity (Wildman–Crippen MR) is 167 cm³/mol. The second-order valence-corrected chi connectivity index (χ2v) is 13.3. The van der Waals surface area contributed by atoms with Crippen LogP contribution in [0.15, 0.2) is 48.5 Å². The number of hydrogen-bond acceptors (Lipinski definition) is 9. The first-order valence-electron chi connectivity index (χ1n) is 15.1. The third kappa shape index (κ3) is 16.0. The summed E-state index contributed by atoms with van der Waals surface area (Å²) in [6.45, 7) is 7.32. The minimum Gasteiger partial charge on any atom is -0.508 e. The van der Waals surface area contributed by atoms with Crippen molar-refractivity contribution < 1.29 is 58.8 Å². The topological polar surface area (TPSA) is 120 Å². The third-order valence-corrected chi connectivity index (χ3v) is 8.10. The molecule has 2 aromatic rings. The minimum atomic E-state index is -4.33. The Hall–Kier alpha value is -2.50. The zero-order valence-corrected chi connectivity index (χ0v) is 27.4. The van der Waals surface area contributed by atoms with Crippen molar-refractivity contribution >= 4 is 24.2 Å². The van der Waals surface area contributed by atoms with Crippen LogP contribution in [0.4, 0.5) is 26.3 Å². The number of piperidine rings is 2. The van der Waals surface area contributed by atoms with E-state index in [1.165, 1.54) is 12.1 Å². The lowest BCUT2D eigenvalue weighted by molar-refractivity contribution is -0.138. The maximum Gasteiger partial charge on any atom is 0.416 e. The Labute approximate surface area is 272 Å². The van der Waals surface area contributed by atoms with Gasteiger partial charge in [0.1, 0.15) is 11.5 Å². The van der Waals surface area contributed by atoms with Gasteiger partial charge in [-0.3, -0.25) is 4.18 Å². The number of phenolic OH excluding ortho intramolecular Hbond substituents is 1. The standard InChI is InChI=1S/C14H19BF3NO2.C8H18BNO4S.C7H5F3O/c1-15(20)19-8-2-3-11(9-19)10-21-13-6-4-12(5-7-13)14(16,17)18;1-9(11)10-5-3-4-8(6-10)7-14-15(2,12)13;8-7(9,10)5-1-3-6(11)4-2-5/h4-7,11,20H,2-3,8-10H2,1H3;8,11H,3-7H2,1-2H3;1-4,11H. The zero-order valence-electron chi connectivity index (χ0n) is 26.5. The largest absolute Gasteiger partial charge is 0.508 e. The number of halogens is 6. The lowest BCUT2D eigenvalue weighted by Gasteiger charge is -2.33. The fraction of sp³-hybridized carbons (Fsp3) is 0.586. The van der Waals surface area contributed by atoms with Crippen LogP contribution in [0, 0.1) is 11.8 Å². The number of hydrogen-bond donors (Lipinski definition) is 3. The molecule has 4 rings (SSSR count). The Morgan fingerprint density at radius 3 is 1.55 bits per heavy atom. The van der Waals surface area contributed by atoms with Crippen LogP contribution in [-0.4, -0.2) is 92.9 Å². The van der Waals surface area contributed by atoms with E-state index in [4.69, 9.17) is 14.0 Å². The van der Waals surface area contributed by atoms with E-state index in [1.807, 2.05) is 9.62 Å². The van der Waals surface area contributed by atoms with Crippen molar-refractivity contribution in [1.82, 2.24) is 9.62 Å². The maximum atomic E-state index is 12.4. The van der Waals surface area contributed by atoms with Gasteiger partial charge in [0, 0.05) is 5.92 Å². The molecule has 3 N–H and O–H groups in total. The second kappa shape index (κ2) is 18.3. The monoisotopic (exact) mass is 698 g/mol. The molecule has 2 fully saturated rings. The fourth-order valence-corrected chi connectivity index (χ4v) is 5.41. The van der Waals surface area contributed by atoms with Crippen molar-refractivity contribution in [2.45, 2.75) is 51.7 Å². The van der Waals surface area contributed by atoms with E-state index in [-0.39, 0.29) is 24.2 Å². The quantitative estimate of drug-likeness (QED) is 0.197. The number of benzene rings is 2. The molecule has 0 aliphatic carbocycles. The number of ether oxygens (including phenoxy) is 1. The van der Waals surface area contributed by atoms with Gasteiger partial charge in [0.2, 0.25) is 0 Å². The van der Waals surface area contributed by atoms with E-state index in [1.54, 1.807) is 13.6 Å². The number of nitrogens with zero attached hydrogens (tertiary/aromatic N) is 2. The first kappa shape index (κ1) is 40.7. The molecule has 0 aromatic heterocycles. The van der Waals surface area contributed by atoms with E-state index in [0.29, 0.717) is 18.9 Å². The number of alkyl halides is 6. The van der Waals surface area contributed by atoms with Crippen LogP contribution in [0.1, 0.15) is 36.8 Å². The van der Waals surface area contributed by atoms with Gasteiger partial charge >= 0.3 is 26.5 Å². The highest BCUT2D eigenvalue weighted by Gasteiger charge is 2.31. The van der Waals surface area contributed by atoms with Crippen LogP contribution >= 0.6 is 0 Å². The summed E-state index contributed by atoms with van der Waals surface area (Å²) in [6, 6.07) is 8.41. The summed E-state index contributed by atoms with van der Waals surface area (Å²) in [5, 5.41) is 27.6. The highest BCUT2D eigenvalue weighted by atomic mass is 32.2. The van der Waals surface area contributed by atoms with Gasteiger partial charge in [-0.2, -0.15) is 34.8 Å². The van der Waals surface area contributed by atoms with E-state index in [9.17, 15) is 44.8 Å². The predicted octanol–water partition coefficient (Wildman–Crippen LogP) is 5.10. The van der Waals surface area contributed by atoms with Gasteiger partial charge in [-0.25, -0.2) is 0 Å². The SMILES string of the molecule is CB(O)N1CCCC(COS(C)(=O)=O)C1.CB(O)N1CCCC(COc2ccc(C(F)(F)F)cc2)C1.Oc1ccc(C(F)(F)F)cc1. The van der Waals surface area contributed by atoms with Gasteiger partial charge in [0.25, 0.3) is 10.1 Å². The van der Waals surface area contributed by atoms with Crippen LogP contribution < -0.4 is 4.74 Å². The summed E-state index contributed by atoms with van der Waals surface area (Å²) in [5.41, 5.74) is -1.43. The van der Waals surface area contributed by atoms with E-state index in [2.05, 4.69) is 0 Å². The Morgan fingerprint density at radius 2 is 1.17 bits per heavy atom. The Kier molecular flexibility index (Phi) is 15.8. The number of phenols is 1. The van der Waals surface area contributed by atoms with Crippen LogP contribution in [0.3, 0.4) is 0 Å². The first-order chi connectivity index (χ1) is 21.7. The van der Waals surface area contributed by atoms with E-state index < -0.39 is 47.7 Å². The summed E-state index contributed by atoms with van der Waals surface area (Å²) >= 11 is 0. The van der Waals surface area contributed by atoms with Gasteiger partial charge in [0.15, 0.2) is 0 Å². The summed E-state index contributed by atoms with van der Waals surface area (Å²) in [5.74, 6) is 0.758. The summed E-state index contributed by atoms with van der Waals surface area (Å²) < 4.78 is 105. The Morgan fingerprint density at radius 1 is 0.766 bits per heavy atom. The highest BCUT2D eigenvalue weighted by Crippen LogP contribution is 2.31. The summed E-state index contributed by atoms with van der Waals surface area (Å²) in [4.78, 5) is 3.91. The van der Waals surface area contributed by atoms with Crippen molar-refractivity contribution in [1.29, 1.82) is 0 Å². The average molecular weight is 698 g/mol. The molecule has 2 saturated heterocycles. The summed E-state index contributed by atoms with van der Waals surface area (Å²) in [7, 11) is -4.28.